The summed E-state index contributed by atoms with van der Waals surface area (Å²) in [6.07, 6.45) is 0.641. The van der Waals surface area contributed by atoms with Gasteiger partial charge in [0.05, 0.1) is 12.7 Å². The van der Waals surface area contributed by atoms with E-state index < -0.39 is 10.2 Å². The summed E-state index contributed by atoms with van der Waals surface area (Å²) in [5.41, 5.74) is 5.37. The first-order valence-corrected chi connectivity index (χ1v) is 6.91. The molecule has 1 fully saturated rings. The summed E-state index contributed by atoms with van der Waals surface area (Å²) in [6.45, 7) is 4.16. The van der Waals surface area contributed by atoms with E-state index in [2.05, 4.69) is 0 Å². The number of hydrogen-bond acceptors (Lipinski definition) is 4. The summed E-state index contributed by atoms with van der Waals surface area (Å²) >= 11 is 0. The molecule has 2 N–H and O–H groups in total. The van der Waals surface area contributed by atoms with Crippen LogP contribution in [-0.4, -0.2) is 63.0 Å². The van der Waals surface area contributed by atoms with E-state index in [-0.39, 0.29) is 6.10 Å². The van der Waals surface area contributed by atoms with Gasteiger partial charge in [0, 0.05) is 26.7 Å². The first-order valence-electron chi connectivity index (χ1n) is 5.51. The van der Waals surface area contributed by atoms with Gasteiger partial charge in [-0.25, -0.2) is 0 Å². The Bertz CT molecular complexity index is 307. The van der Waals surface area contributed by atoms with E-state index in [1.807, 2.05) is 6.92 Å². The van der Waals surface area contributed by atoms with Gasteiger partial charge in [0.15, 0.2) is 0 Å². The molecule has 7 heteroatoms. The topological polar surface area (TPSA) is 75.9 Å². The minimum Gasteiger partial charge on any atom is -0.376 e. The van der Waals surface area contributed by atoms with E-state index >= 15 is 0 Å². The Balaban J connectivity index is 2.61. The highest BCUT2D eigenvalue weighted by molar-refractivity contribution is 7.86. The van der Waals surface area contributed by atoms with Crippen molar-refractivity contribution in [2.24, 2.45) is 5.73 Å². The number of morpholine rings is 1. The van der Waals surface area contributed by atoms with E-state index in [0.29, 0.717) is 39.2 Å². The molecular formula is C9H21N3O3S. The minimum atomic E-state index is -3.34. The molecule has 1 aliphatic heterocycles. The molecule has 1 heterocycles. The molecule has 0 aromatic rings. The van der Waals surface area contributed by atoms with Crippen molar-refractivity contribution in [1.82, 2.24) is 8.61 Å². The fourth-order valence-electron chi connectivity index (χ4n) is 1.62. The Kier molecular flexibility index (Phi) is 5.13. The SMILES string of the molecule is CC1CN(S(=O)(=O)N(C)CCCN)CCO1. The van der Waals surface area contributed by atoms with Gasteiger partial charge in [-0.2, -0.15) is 17.0 Å². The van der Waals surface area contributed by atoms with Crippen molar-refractivity contribution >= 4 is 10.2 Å². The van der Waals surface area contributed by atoms with E-state index in [9.17, 15) is 8.42 Å². The molecule has 0 amide bonds. The van der Waals surface area contributed by atoms with Crippen LogP contribution in [0.25, 0.3) is 0 Å². The molecule has 0 saturated carbocycles. The predicted molar refractivity (Wildman–Crippen MR) is 62.2 cm³/mol. The third kappa shape index (κ3) is 3.39. The first kappa shape index (κ1) is 13.9. The number of nitrogens with zero attached hydrogens (tertiary/aromatic N) is 2. The number of rotatable bonds is 5. The Morgan fingerprint density at radius 1 is 1.56 bits per heavy atom. The van der Waals surface area contributed by atoms with Crippen LogP contribution in [0.2, 0.25) is 0 Å². The quantitative estimate of drug-likeness (QED) is 0.696. The molecule has 1 saturated heterocycles. The zero-order chi connectivity index (χ0) is 12.2. The normalized spacial score (nSPS) is 23.9. The molecule has 1 rings (SSSR count). The van der Waals surface area contributed by atoms with Crippen molar-refractivity contribution in [3.05, 3.63) is 0 Å². The van der Waals surface area contributed by atoms with Crippen molar-refractivity contribution < 1.29 is 13.2 Å². The van der Waals surface area contributed by atoms with Gasteiger partial charge in [-0.1, -0.05) is 0 Å². The third-order valence-electron chi connectivity index (χ3n) is 2.60. The van der Waals surface area contributed by atoms with Crippen LogP contribution in [0, 0.1) is 0 Å². The zero-order valence-corrected chi connectivity index (χ0v) is 10.7. The largest absolute Gasteiger partial charge is 0.376 e. The number of nitrogens with two attached hydrogens (primary N) is 1. The van der Waals surface area contributed by atoms with E-state index in [4.69, 9.17) is 10.5 Å². The van der Waals surface area contributed by atoms with Crippen LogP contribution in [0.5, 0.6) is 0 Å². The summed E-state index contributed by atoms with van der Waals surface area (Å²) in [7, 11) is -1.75. The summed E-state index contributed by atoms with van der Waals surface area (Å²) in [4.78, 5) is 0. The van der Waals surface area contributed by atoms with Crippen molar-refractivity contribution in [1.29, 1.82) is 0 Å². The summed E-state index contributed by atoms with van der Waals surface area (Å²) < 4.78 is 32.3. The van der Waals surface area contributed by atoms with Gasteiger partial charge in [0.25, 0.3) is 10.2 Å². The molecule has 0 radical (unpaired) electrons. The Morgan fingerprint density at radius 3 is 2.81 bits per heavy atom. The molecule has 96 valence electrons. The fraction of sp³-hybridized carbons (Fsp3) is 1.00. The predicted octanol–water partition coefficient (Wildman–Crippen LogP) is -0.767. The highest BCUT2D eigenvalue weighted by Crippen LogP contribution is 2.12. The van der Waals surface area contributed by atoms with Gasteiger partial charge in [0.1, 0.15) is 0 Å². The van der Waals surface area contributed by atoms with Crippen LogP contribution in [-0.2, 0) is 14.9 Å². The number of ether oxygens (including phenoxy) is 1. The lowest BCUT2D eigenvalue weighted by Gasteiger charge is -2.33. The van der Waals surface area contributed by atoms with Crippen LogP contribution in [0.4, 0.5) is 0 Å². The monoisotopic (exact) mass is 251 g/mol. The first-order chi connectivity index (χ1) is 7.48. The van der Waals surface area contributed by atoms with Gasteiger partial charge in [-0.3, -0.25) is 0 Å². The van der Waals surface area contributed by atoms with E-state index in [1.54, 1.807) is 7.05 Å². The highest BCUT2D eigenvalue weighted by atomic mass is 32.2. The van der Waals surface area contributed by atoms with Crippen LogP contribution in [0.1, 0.15) is 13.3 Å². The van der Waals surface area contributed by atoms with E-state index in [0.717, 1.165) is 0 Å². The minimum absolute atomic E-state index is 0.0357. The lowest BCUT2D eigenvalue weighted by Crippen LogP contribution is -2.49. The molecule has 1 aliphatic rings. The second kappa shape index (κ2) is 5.92. The smallest absolute Gasteiger partial charge is 0.281 e. The highest BCUT2D eigenvalue weighted by Gasteiger charge is 2.30. The number of hydrogen-bond donors (Lipinski definition) is 1. The molecular weight excluding hydrogens is 230 g/mol. The summed E-state index contributed by atoms with van der Waals surface area (Å²) in [6, 6.07) is 0. The maximum Gasteiger partial charge on any atom is 0.281 e. The van der Waals surface area contributed by atoms with Crippen molar-refractivity contribution in [3.63, 3.8) is 0 Å². The van der Waals surface area contributed by atoms with Gasteiger partial charge in [0.2, 0.25) is 0 Å². The van der Waals surface area contributed by atoms with Crippen LogP contribution >= 0.6 is 0 Å². The van der Waals surface area contributed by atoms with Crippen LogP contribution in [0.15, 0.2) is 0 Å². The fourth-order valence-corrected chi connectivity index (χ4v) is 3.08. The standard InChI is InChI=1S/C9H21N3O3S/c1-9-8-12(6-7-15-9)16(13,14)11(2)5-3-4-10/h9H,3-8,10H2,1-2H3. The Labute approximate surface area is 97.5 Å². The molecule has 1 atom stereocenters. The van der Waals surface area contributed by atoms with Crippen molar-refractivity contribution in [2.45, 2.75) is 19.4 Å². The molecule has 0 aromatic carbocycles. The molecule has 0 aliphatic carbocycles. The summed E-state index contributed by atoms with van der Waals surface area (Å²) in [5, 5.41) is 0. The van der Waals surface area contributed by atoms with Gasteiger partial charge in [-0.15, -0.1) is 0 Å². The molecule has 1 unspecified atom stereocenters. The lowest BCUT2D eigenvalue weighted by molar-refractivity contribution is 0.00853. The Morgan fingerprint density at radius 2 is 2.25 bits per heavy atom. The van der Waals surface area contributed by atoms with Crippen LogP contribution < -0.4 is 5.73 Å². The third-order valence-corrected chi connectivity index (χ3v) is 4.56. The van der Waals surface area contributed by atoms with Gasteiger partial charge >= 0.3 is 0 Å². The average Bonchev–Trinajstić information content (AvgIpc) is 2.25. The van der Waals surface area contributed by atoms with Crippen molar-refractivity contribution in [3.8, 4) is 0 Å². The molecule has 6 nitrogen and oxygen atoms in total. The summed E-state index contributed by atoms with van der Waals surface area (Å²) in [5.74, 6) is 0. The molecule has 0 spiro atoms. The Hall–Kier alpha value is -0.210. The maximum absolute atomic E-state index is 12.1. The lowest BCUT2D eigenvalue weighted by atomic mass is 10.3. The second-order valence-corrected chi connectivity index (χ2v) is 6.05. The average molecular weight is 251 g/mol. The molecule has 0 aromatic heterocycles. The molecule has 0 bridgehead atoms. The maximum atomic E-state index is 12.1. The van der Waals surface area contributed by atoms with Crippen molar-refractivity contribution in [2.75, 3.05) is 39.8 Å². The van der Waals surface area contributed by atoms with Gasteiger partial charge in [-0.05, 0) is 19.9 Å². The molecule has 16 heavy (non-hydrogen) atoms. The van der Waals surface area contributed by atoms with Crippen LogP contribution in [0.3, 0.4) is 0 Å². The van der Waals surface area contributed by atoms with E-state index in [1.165, 1.54) is 8.61 Å². The second-order valence-electron chi connectivity index (χ2n) is 4.01. The zero-order valence-electron chi connectivity index (χ0n) is 9.92. The van der Waals surface area contributed by atoms with Gasteiger partial charge < -0.3 is 10.5 Å².